The Hall–Kier alpha value is -1.42. The number of aromatic hydroxyl groups is 1. The van der Waals surface area contributed by atoms with Crippen LogP contribution in [0.4, 0.5) is 0 Å². The monoisotopic (exact) mass is 250 g/mol. The summed E-state index contributed by atoms with van der Waals surface area (Å²) in [6.45, 7) is 1.43. The van der Waals surface area contributed by atoms with Gasteiger partial charge in [0.05, 0.1) is 13.2 Å². The predicted molar refractivity (Wildman–Crippen MR) is 66.5 cm³/mol. The second-order valence-corrected chi connectivity index (χ2v) is 4.82. The second kappa shape index (κ2) is 4.69. The summed E-state index contributed by atoms with van der Waals surface area (Å²) in [5, 5.41) is 19.5. The quantitative estimate of drug-likeness (QED) is 0.836. The maximum Gasteiger partial charge on any atom is 0.164 e. The van der Waals surface area contributed by atoms with E-state index in [0.717, 1.165) is 48.1 Å². The van der Waals surface area contributed by atoms with Crippen molar-refractivity contribution in [3.8, 4) is 17.2 Å². The standard InChI is InChI=1S/C14H18O4/c15-6-5-10-9-3-1-8-18-14(9)12(16)11-4-2-7-17-13(10)11/h15-16H,1-8H2. The molecule has 0 fully saturated rings. The van der Waals surface area contributed by atoms with Crippen molar-refractivity contribution in [3.63, 3.8) is 0 Å². The van der Waals surface area contributed by atoms with Crippen molar-refractivity contribution in [1.29, 1.82) is 0 Å². The van der Waals surface area contributed by atoms with Gasteiger partial charge in [0.25, 0.3) is 0 Å². The van der Waals surface area contributed by atoms with Crippen LogP contribution < -0.4 is 9.47 Å². The summed E-state index contributed by atoms with van der Waals surface area (Å²) in [7, 11) is 0. The van der Waals surface area contributed by atoms with Gasteiger partial charge in [-0.2, -0.15) is 0 Å². The molecule has 0 atom stereocenters. The summed E-state index contributed by atoms with van der Waals surface area (Å²) >= 11 is 0. The fraction of sp³-hybridized carbons (Fsp3) is 0.571. The van der Waals surface area contributed by atoms with E-state index in [1.807, 2.05) is 0 Å². The summed E-state index contributed by atoms with van der Waals surface area (Å²) in [6.07, 6.45) is 4.13. The highest BCUT2D eigenvalue weighted by Crippen LogP contribution is 2.47. The minimum atomic E-state index is 0.0903. The summed E-state index contributed by atoms with van der Waals surface area (Å²) < 4.78 is 11.3. The zero-order valence-electron chi connectivity index (χ0n) is 10.4. The first-order valence-electron chi connectivity index (χ1n) is 6.59. The lowest BCUT2D eigenvalue weighted by Gasteiger charge is -2.28. The minimum absolute atomic E-state index is 0.0903. The highest BCUT2D eigenvalue weighted by Gasteiger charge is 2.28. The third-order valence-electron chi connectivity index (χ3n) is 3.68. The van der Waals surface area contributed by atoms with E-state index in [0.29, 0.717) is 25.4 Å². The number of hydrogen-bond donors (Lipinski definition) is 2. The van der Waals surface area contributed by atoms with Gasteiger partial charge in [-0.15, -0.1) is 0 Å². The highest BCUT2D eigenvalue weighted by molar-refractivity contribution is 5.63. The Morgan fingerprint density at radius 2 is 1.61 bits per heavy atom. The molecule has 0 unspecified atom stereocenters. The molecule has 0 saturated carbocycles. The number of ether oxygens (including phenoxy) is 2. The summed E-state index contributed by atoms with van der Waals surface area (Å²) in [5.41, 5.74) is 2.90. The Morgan fingerprint density at radius 3 is 2.33 bits per heavy atom. The third kappa shape index (κ3) is 1.72. The van der Waals surface area contributed by atoms with Gasteiger partial charge in [-0.05, 0) is 32.1 Å². The van der Waals surface area contributed by atoms with Crippen LogP contribution in [0.5, 0.6) is 17.2 Å². The summed E-state index contributed by atoms with van der Waals surface area (Å²) in [4.78, 5) is 0. The molecule has 0 bridgehead atoms. The maximum absolute atomic E-state index is 10.3. The van der Waals surface area contributed by atoms with Gasteiger partial charge < -0.3 is 19.7 Å². The molecule has 18 heavy (non-hydrogen) atoms. The minimum Gasteiger partial charge on any atom is -0.504 e. The van der Waals surface area contributed by atoms with Crippen LogP contribution in [0.2, 0.25) is 0 Å². The second-order valence-electron chi connectivity index (χ2n) is 4.82. The molecular formula is C14H18O4. The fourth-order valence-corrected chi connectivity index (χ4v) is 2.89. The Balaban J connectivity index is 2.20. The normalized spacial score (nSPS) is 17.4. The van der Waals surface area contributed by atoms with Crippen LogP contribution in [0.15, 0.2) is 0 Å². The Labute approximate surface area is 106 Å². The number of benzene rings is 1. The molecule has 0 radical (unpaired) electrons. The van der Waals surface area contributed by atoms with Crippen molar-refractivity contribution in [1.82, 2.24) is 0 Å². The van der Waals surface area contributed by atoms with Gasteiger partial charge in [-0.25, -0.2) is 0 Å². The first-order valence-corrected chi connectivity index (χ1v) is 6.59. The van der Waals surface area contributed by atoms with Gasteiger partial charge in [0.1, 0.15) is 5.75 Å². The topological polar surface area (TPSA) is 58.9 Å². The molecule has 2 aliphatic rings. The van der Waals surface area contributed by atoms with Gasteiger partial charge in [-0.1, -0.05) is 0 Å². The summed E-state index contributed by atoms with van der Waals surface area (Å²) in [6, 6.07) is 0. The Bertz CT molecular complexity index is 430. The molecule has 1 aromatic rings. The Morgan fingerprint density at radius 1 is 0.944 bits per heavy atom. The molecule has 2 aliphatic heterocycles. The van der Waals surface area contributed by atoms with E-state index < -0.39 is 0 Å². The maximum atomic E-state index is 10.3. The van der Waals surface area contributed by atoms with E-state index in [1.54, 1.807) is 0 Å². The number of aliphatic hydroxyl groups is 1. The number of rotatable bonds is 2. The molecule has 4 nitrogen and oxygen atoms in total. The average molecular weight is 250 g/mol. The van der Waals surface area contributed by atoms with Gasteiger partial charge in [-0.3, -0.25) is 0 Å². The van der Waals surface area contributed by atoms with Crippen LogP contribution in [0, 0.1) is 0 Å². The van der Waals surface area contributed by atoms with E-state index in [4.69, 9.17) is 9.47 Å². The van der Waals surface area contributed by atoms with Crippen LogP contribution in [0.3, 0.4) is 0 Å². The number of hydrogen-bond acceptors (Lipinski definition) is 4. The molecule has 1 aromatic carbocycles. The molecule has 0 saturated heterocycles. The van der Waals surface area contributed by atoms with Gasteiger partial charge >= 0.3 is 0 Å². The van der Waals surface area contributed by atoms with Crippen LogP contribution in [-0.4, -0.2) is 30.0 Å². The SMILES string of the molecule is OCCc1c2c(c(O)c3c1OCCC3)OCCC2. The lowest BCUT2D eigenvalue weighted by Crippen LogP contribution is -2.17. The van der Waals surface area contributed by atoms with Crippen molar-refractivity contribution in [2.75, 3.05) is 19.8 Å². The predicted octanol–water partition coefficient (Wildman–Crippen LogP) is 1.58. The zero-order chi connectivity index (χ0) is 12.5. The van der Waals surface area contributed by atoms with Crippen molar-refractivity contribution in [2.45, 2.75) is 32.1 Å². The largest absolute Gasteiger partial charge is 0.504 e. The van der Waals surface area contributed by atoms with E-state index in [-0.39, 0.29) is 12.4 Å². The number of aliphatic hydroxyl groups excluding tert-OH is 1. The zero-order valence-corrected chi connectivity index (χ0v) is 10.4. The molecule has 0 spiro atoms. The van der Waals surface area contributed by atoms with Crippen molar-refractivity contribution < 1.29 is 19.7 Å². The van der Waals surface area contributed by atoms with Crippen molar-refractivity contribution in [2.24, 2.45) is 0 Å². The van der Waals surface area contributed by atoms with Crippen LogP contribution in [-0.2, 0) is 19.3 Å². The van der Waals surface area contributed by atoms with E-state index >= 15 is 0 Å². The molecular weight excluding hydrogens is 232 g/mol. The van der Waals surface area contributed by atoms with Crippen LogP contribution in [0.1, 0.15) is 29.5 Å². The van der Waals surface area contributed by atoms with Gasteiger partial charge in [0.2, 0.25) is 0 Å². The van der Waals surface area contributed by atoms with Gasteiger partial charge in [0.15, 0.2) is 11.5 Å². The van der Waals surface area contributed by atoms with Gasteiger partial charge in [0, 0.05) is 23.3 Å². The van der Waals surface area contributed by atoms with Crippen molar-refractivity contribution in [3.05, 3.63) is 16.7 Å². The van der Waals surface area contributed by atoms with E-state index in [9.17, 15) is 10.2 Å². The smallest absolute Gasteiger partial charge is 0.164 e. The average Bonchev–Trinajstić information content (AvgIpc) is 2.43. The molecule has 0 amide bonds. The van der Waals surface area contributed by atoms with E-state index in [2.05, 4.69) is 0 Å². The first kappa shape index (κ1) is 11.7. The number of phenolic OH excluding ortho intramolecular Hbond substituents is 1. The first-order chi connectivity index (χ1) is 8.83. The molecule has 3 rings (SSSR count). The van der Waals surface area contributed by atoms with E-state index in [1.165, 1.54) is 0 Å². The van der Waals surface area contributed by atoms with Crippen LogP contribution in [0.25, 0.3) is 0 Å². The number of fused-ring (bicyclic) bond motifs is 2. The molecule has 2 heterocycles. The summed E-state index contributed by atoms with van der Waals surface area (Å²) in [5.74, 6) is 1.66. The molecule has 98 valence electrons. The lowest BCUT2D eigenvalue weighted by atomic mass is 9.91. The fourth-order valence-electron chi connectivity index (χ4n) is 2.89. The third-order valence-corrected chi connectivity index (χ3v) is 3.68. The molecule has 0 aliphatic carbocycles. The van der Waals surface area contributed by atoms with Crippen molar-refractivity contribution >= 4 is 0 Å². The Kier molecular flexibility index (Phi) is 3.04. The molecule has 0 aromatic heterocycles. The molecule has 2 N–H and O–H groups in total. The van der Waals surface area contributed by atoms with Crippen LogP contribution >= 0.6 is 0 Å². The molecule has 4 heteroatoms. The number of phenols is 1. The highest BCUT2D eigenvalue weighted by atomic mass is 16.5. The lowest BCUT2D eigenvalue weighted by molar-refractivity contribution is 0.248.